The number of aliphatic hydroxyl groups is 2. The van der Waals surface area contributed by atoms with Crippen LogP contribution in [0.4, 0.5) is 4.39 Å². The molecule has 0 radical (unpaired) electrons. The van der Waals surface area contributed by atoms with E-state index in [1.54, 1.807) is 18.2 Å². The Hall–Kier alpha value is -1.01. The van der Waals surface area contributed by atoms with Crippen LogP contribution < -0.4 is 0 Å². The molecule has 4 nitrogen and oxygen atoms in total. The fourth-order valence-corrected chi connectivity index (χ4v) is 3.05. The number of nitrogens with zero attached hydrogens (tertiary/aromatic N) is 1. The van der Waals surface area contributed by atoms with E-state index in [9.17, 15) is 14.6 Å². The van der Waals surface area contributed by atoms with Crippen LogP contribution in [0.5, 0.6) is 0 Å². The number of hydrogen-bond acceptors (Lipinski definition) is 4. The molecule has 1 aliphatic carbocycles. The van der Waals surface area contributed by atoms with Crippen LogP contribution in [0.3, 0.4) is 0 Å². The van der Waals surface area contributed by atoms with Gasteiger partial charge in [-0.3, -0.25) is 4.90 Å². The average Bonchev–Trinajstić information content (AvgIpc) is 2.49. The summed E-state index contributed by atoms with van der Waals surface area (Å²) in [5.74, 6) is -0.292. The number of halogens is 1. The second-order valence-electron chi connectivity index (χ2n) is 6.12. The Bertz CT molecular complexity index is 457. The lowest BCUT2D eigenvalue weighted by Gasteiger charge is -2.36. The molecule has 0 spiro atoms. The van der Waals surface area contributed by atoms with Crippen molar-refractivity contribution in [3.8, 4) is 0 Å². The molecule has 3 atom stereocenters. The number of rotatable bonds is 7. The summed E-state index contributed by atoms with van der Waals surface area (Å²) in [6, 6.07) is 6.57. The Kier molecular flexibility index (Phi) is 6.76. The summed E-state index contributed by atoms with van der Waals surface area (Å²) in [5, 5.41) is 20.1. The lowest BCUT2D eigenvalue weighted by molar-refractivity contribution is -0.0191. The van der Waals surface area contributed by atoms with Crippen LogP contribution in [0.15, 0.2) is 24.3 Å². The highest BCUT2D eigenvalue weighted by atomic mass is 19.1. The van der Waals surface area contributed by atoms with Crippen molar-refractivity contribution in [2.75, 3.05) is 20.2 Å². The van der Waals surface area contributed by atoms with Crippen molar-refractivity contribution in [2.45, 2.75) is 50.5 Å². The zero-order valence-electron chi connectivity index (χ0n) is 13.1. The average molecular weight is 311 g/mol. The zero-order valence-corrected chi connectivity index (χ0v) is 13.1. The van der Waals surface area contributed by atoms with E-state index in [0.29, 0.717) is 12.1 Å². The van der Waals surface area contributed by atoms with Gasteiger partial charge in [-0.05, 0) is 26.0 Å². The maximum atomic E-state index is 13.4. The minimum Gasteiger partial charge on any atom is -0.391 e. The first-order chi connectivity index (χ1) is 10.6. The number of ether oxygens (including phenoxy) is 1. The largest absolute Gasteiger partial charge is 0.391 e. The van der Waals surface area contributed by atoms with Crippen molar-refractivity contribution >= 4 is 0 Å². The third kappa shape index (κ3) is 5.02. The van der Waals surface area contributed by atoms with Crippen molar-refractivity contribution in [3.05, 3.63) is 35.6 Å². The van der Waals surface area contributed by atoms with Gasteiger partial charge in [0.2, 0.25) is 0 Å². The van der Waals surface area contributed by atoms with Crippen LogP contribution >= 0.6 is 0 Å². The Balaban J connectivity index is 1.71. The molecule has 0 aromatic heterocycles. The number of hydrogen-bond donors (Lipinski definition) is 2. The maximum absolute atomic E-state index is 13.4. The first-order valence-corrected chi connectivity index (χ1v) is 7.95. The van der Waals surface area contributed by atoms with Gasteiger partial charge >= 0.3 is 0 Å². The van der Waals surface area contributed by atoms with Crippen molar-refractivity contribution in [3.63, 3.8) is 0 Å². The molecule has 1 saturated carbocycles. The molecule has 0 heterocycles. The monoisotopic (exact) mass is 311 g/mol. The van der Waals surface area contributed by atoms with Gasteiger partial charge in [0, 0.05) is 18.2 Å². The highest BCUT2D eigenvalue weighted by Crippen LogP contribution is 2.22. The minimum absolute atomic E-state index is 0.106. The van der Waals surface area contributed by atoms with Crippen LogP contribution in [-0.2, 0) is 11.3 Å². The smallest absolute Gasteiger partial charge is 0.128 e. The molecule has 2 rings (SSSR count). The zero-order chi connectivity index (χ0) is 15.9. The molecule has 0 saturated heterocycles. The quantitative estimate of drug-likeness (QED) is 0.808. The van der Waals surface area contributed by atoms with E-state index < -0.39 is 6.10 Å². The highest BCUT2D eigenvalue weighted by Gasteiger charge is 2.27. The van der Waals surface area contributed by atoms with Crippen molar-refractivity contribution < 1.29 is 19.3 Å². The summed E-state index contributed by atoms with van der Waals surface area (Å²) in [6.07, 6.45) is 3.01. The van der Waals surface area contributed by atoms with Gasteiger partial charge in [0.05, 0.1) is 25.4 Å². The SMILES string of the molecule is CN(CC(O)COCc1ccccc1F)[C@@H]1CCCC[C@H]1O. The van der Waals surface area contributed by atoms with Crippen molar-refractivity contribution in [1.29, 1.82) is 0 Å². The van der Waals surface area contributed by atoms with Gasteiger partial charge < -0.3 is 14.9 Å². The molecule has 124 valence electrons. The third-order valence-electron chi connectivity index (χ3n) is 4.28. The van der Waals surface area contributed by atoms with Gasteiger partial charge in [-0.1, -0.05) is 31.0 Å². The minimum atomic E-state index is -0.647. The Labute approximate surface area is 131 Å². The third-order valence-corrected chi connectivity index (χ3v) is 4.28. The summed E-state index contributed by atoms with van der Waals surface area (Å²) in [6.45, 7) is 0.750. The lowest BCUT2D eigenvalue weighted by Crippen LogP contribution is -2.46. The number of benzene rings is 1. The summed E-state index contributed by atoms with van der Waals surface area (Å²) in [7, 11) is 1.92. The molecule has 1 aromatic carbocycles. The highest BCUT2D eigenvalue weighted by molar-refractivity contribution is 5.16. The maximum Gasteiger partial charge on any atom is 0.128 e. The van der Waals surface area contributed by atoms with Gasteiger partial charge in [-0.15, -0.1) is 0 Å². The van der Waals surface area contributed by atoms with Gasteiger partial charge in [0.25, 0.3) is 0 Å². The first kappa shape index (κ1) is 17.3. The molecule has 0 amide bonds. The van der Waals surface area contributed by atoms with Crippen molar-refractivity contribution in [1.82, 2.24) is 4.90 Å². The molecule has 5 heteroatoms. The fraction of sp³-hybridized carbons (Fsp3) is 0.647. The van der Waals surface area contributed by atoms with Gasteiger partial charge in [-0.25, -0.2) is 4.39 Å². The second-order valence-corrected chi connectivity index (χ2v) is 6.12. The van der Waals surface area contributed by atoms with E-state index in [1.165, 1.54) is 6.07 Å². The number of likely N-dealkylation sites (N-methyl/N-ethyl adjacent to an activating group) is 1. The molecule has 1 aromatic rings. The van der Waals surface area contributed by atoms with Crippen LogP contribution in [-0.4, -0.2) is 53.6 Å². The standard InChI is InChI=1S/C17H26FNO3/c1-19(16-8-4-5-9-17(16)21)10-14(20)12-22-11-13-6-2-3-7-15(13)18/h2-3,6-7,14,16-17,20-21H,4-5,8-12H2,1H3/t14?,16-,17-/m1/s1. The van der Waals surface area contributed by atoms with Crippen molar-refractivity contribution in [2.24, 2.45) is 0 Å². The predicted molar refractivity (Wildman–Crippen MR) is 83.0 cm³/mol. The molecular weight excluding hydrogens is 285 g/mol. The Morgan fingerprint density at radius 2 is 2.05 bits per heavy atom. The first-order valence-electron chi connectivity index (χ1n) is 7.95. The Morgan fingerprint density at radius 3 is 2.77 bits per heavy atom. The molecule has 1 unspecified atom stereocenters. The van der Waals surface area contributed by atoms with E-state index in [4.69, 9.17) is 4.74 Å². The predicted octanol–water partition coefficient (Wildman–Crippen LogP) is 1.94. The van der Waals surface area contributed by atoms with E-state index >= 15 is 0 Å². The normalized spacial score (nSPS) is 23.7. The van der Waals surface area contributed by atoms with E-state index in [1.807, 2.05) is 11.9 Å². The van der Waals surface area contributed by atoms with Crippen LogP contribution in [0.2, 0.25) is 0 Å². The van der Waals surface area contributed by atoms with Crippen LogP contribution in [0.1, 0.15) is 31.2 Å². The van der Waals surface area contributed by atoms with Gasteiger partial charge in [0.15, 0.2) is 0 Å². The summed E-state index contributed by atoms with van der Waals surface area (Å²) < 4.78 is 18.8. The molecule has 1 fully saturated rings. The lowest BCUT2D eigenvalue weighted by atomic mass is 9.91. The van der Waals surface area contributed by atoms with E-state index in [-0.39, 0.29) is 31.2 Å². The molecule has 22 heavy (non-hydrogen) atoms. The second kappa shape index (κ2) is 8.58. The van der Waals surface area contributed by atoms with Crippen LogP contribution in [0.25, 0.3) is 0 Å². The number of aliphatic hydroxyl groups excluding tert-OH is 2. The summed E-state index contributed by atoms with van der Waals surface area (Å²) >= 11 is 0. The van der Waals surface area contributed by atoms with Crippen LogP contribution in [0, 0.1) is 5.82 Å². The van der Waals surface area contributed by atoms with E-state index in [2.05, 4.69) is 0 Å². The molecular formula is C17H26FNO3. The topological polar surface area (TPSA) is 52.9 Å². The van der Waals surface area contributed by atoms with E-state index in [0.717, 1.165) is 25.7 Å². The molecule has 2 N–H and O–H groups in total. The molecule has 0 bridgehead atoms. The summed E-state index contributed by atoms with van der Waals surface area (Å²) in [5.41, 5.74) is 0.491. The molecule has 0 aliphatic heterocycles. The summed E-state index contributed by atoms with van der Waals surface area (Å²) in [4.78, 5) is 2.00. The molecule has 1 aliphatic rings. The Morgan fingerprint density at radius 1 is 1.32 bits per heavy atom. The van der Waals surface area contributed by atoms with Gasteiger partial charge in [0.1, 0.15) is 5.82 Å². The fourth-order valence-electron chi connectivity index (χ4n) is 3.05. The van der Waals surface area contributed by atoms with Gasteiger partial charge in [-0.2, -0.15) is 0 Å².